The first-order chi connectivity index (χ1) is 10.2. The van der Waals surface area contributed by atoms with Gasteiger partial charge in [0, 0.05) is 28.9 Å². The molecule has 0 aliphatic heterocycles. The molecule has 21 heavy (non-hydrogen) atoms. The molecule has 2 aliphatic carbocycles. The van der Waals surface area contributed by atoms with Gasteiger partial charge in [0.15, 0.2) is 5.78 Å². The third-order valence-corrected chi connectivity index (χ3v) is 5.51. The molecule has 2 nitrogen and oxygen atoms in total. The number of carbonyl (C=O) groups excluding carboxylic acids is 1. The monoisotopic (exact) mass is 279 g/mol. The highest BCUT2D eigenvalue weighted by molar-refractivity contribution is 6.07. The third-order valence-electron chi connectivity index (χ3n) is 5.51. The summed E-state index contributed by atoms with van der Waals surface area (Å²) in [7, 11) is 0. The second kappa shape index (κ2) is 4.33. The van der Waals surface area contributed by atoms with Crippen molar-refractivity contribution in [3.8, 4) is 0 Å². The Labute approximate surface area is 125 Å². The van der Waals surface area contributed by atoms with Crippen LogP contribution < -0.4 is 0 Å². The van der Waals surface area contributed by atoms with E-state index in [1.807, 2.05) is 13.1 Å². The molecule has 0 saturated carbocycles. The standard InChI is InChI=1S/C19H21NO/c1-3-8-19-9-6-17(21)12(2)18(19)14-4-5-16-13(7-10-20-16)15(14)11-19/h4-5,7,10,20H,3,6,8-9,11H2,1-2H3. The average molecular weight is 279 g/mol. The average Bonchev–Trinajstić information content (AvgIpc) is 3.05. The van der Waals surface area contributed by atoms with Gasteiger partial charge in [-0.05, 0) is 60.6 Å². The quantitative estimate of drug-likeness (QED) is 0.853. The predicted molar refractivity (Wildman–Crippen MR) is 86.2 cm³/mol. The van der Waals surface area contributed by atoms with E-state index in [-0.39, 0.29) is 5.41 Å². The Morgan fingerprint density at radius 2 is 2.14 bits per heavy atom. The number of hydrogen-bond donors (Lipinski definition) is 1. The van der Waals surface area contributed by atoms with Crippen LogP contribution in [0.2, 0.25) is 0 Å². The molecule has 1 N–H and O–H groups in total. The fourth-order valence-corrected chi connectivity index (χ4v) is 4.64. The van der Waals surface area contributed by atoms with Crippen molar-refractivity contribution in [2.45, 2.75) is 46.0 Å². The summed E-state index contributed by atoms with van der Waals surface area (Å²) < 4.78 is 0. The van der Waals surface area contributed by atoms with E-state index in [1.165, 1.54) is 40.4 Å². The maximum Gasteiger partial charge on any atom is 0.158 e. The maximum absolute atomic E-state index is 12.2. The van der Waals surface area contributed by atoms with Crippen LogP contribution in [0, 0.1) is 5.41 Å². The Bertz CT molecular complexity index is 780. The highest BCUT2D eigenvalue weighted by atomic mass is 16.1. The molecule has 1 atom stereocenters. The summed E-state index contributed by atoms with van der Waals surface area (Å²) in [4.78, 5) is 15.6. The molecule has 1 aromatic heterocycles. The predicted octanol–water partition coefficient (Wildman–Crippen LogP) is 4.65. The number of ketones is 1. The first-order valence-corrected chi connectivity index (χ1v) is 8.00. The number of hydrogen-bond acceptors (Lipinski definition) is 1. The van der Waals surface area contributed by atoms with Gasteiger partial charge in [-0.15, -0.1) is 0 Å². The van der Waals surface area contributed by atoms with Crippen molar-refractivity contribution in [3.05, 3.63) is 41.1 Å². The van der Waals surface area contributed by atoms with Crippen LogP contribution in [0.3, 0.4) is 0 Å². The SMILES string of the molecule is CCCC12CCC(=O)C(C)=C1c1ccc3[nH]ccc3c1C2. The van der Waals surface area contributed by atoms with Crippen LogP contribution in [0.25, 0.3) is 16.5 Å². The minimum absolute atomic E-state index is 0.209. The maximum atomic E-state index is 12.2. The highest BCUT2D eigenvalue weighted by Crippen LogP contribution is 2.57. The van der Waals surface area contributed by atoms with Crippen molar-refractivity contribution in [2.75, 3.05) is 0 Å². The lowest BCUT2D eigenvalue weighted by molar-refractivity contribution is -0.116. The van der Waals surface area contributed by atoms with Crippen molar-refractivity contribution in [3.63, 3.8) is 0 Å². The Morgan fingerprint density at radius 3 is 2.95 bits per heavy atom. The number of H-pyrrole nitrogens is 1. The number of Topliss-reactive ketones (excluding diaryl/α,β-unsaturated/α-hetero) is 1. The number of rotatable bonds is 2. The van der Waals surface area contributed by atoms with E-state index in [2.05, 4.69) is 30.1 Å². The molecule has 1 aromatic carbocycles. The molecular weight excluding hydrogens is 258 g/mol. The number of aromatic nitrogens is 1. The van der Waals surface area contributed by atoms with Gasteiger partial charge in [0.05, 0.1) is 0 Å². The number of aromatic amines is 1. The largest absolute Gasteiger partial charge is 0.361 e. The molecule has 0 fully saturated rings. The summed E-state index contributed by atoms with van der Waals surface area (Å²) in [6, 6.07) is 6.57. The van der Waals surface area contributed by atoms with Crippen molar-refractivity contribution in [1.82, 2.24) is 4.98 Å². The molecule has 0 amide bonds. The van der Waals surface area contributed by atoms with E-state index in [0.29, 0.717) is 5.78 Å². The Balaban J connectivity index is 2.02. The third kappa shape index (κ3) is 1.62. The molecule has 2 heteroatoms. The Kier molecular flexibility index (Phi) is 2.66. The first-order valence-electron chi connectivity index (χ1n) is 8.00. The van der Waals surface area contributed by atoms with Gasteiger partial charge in [-0.1, -0.05) is 19.4 Å². The lowest BCUT2D eigenvalue weighted by atomic mass is 9.67. The number of fused-ring (bicyclic) bond motifs is 5. The van der Waals surface area contributed by atoms with E-state index in [1.54, 1.807) is 0 Å². The number of nitrogens with one attached hydrogen (secondary N) is 1. The number of carbonyl (C=O) groups is 1. The summed E-state index contributed by atoms with van der Waals surface area (Å²) in [5.41, 5.74) is 6.58. The zero-order valence-corrected chi connectivity index (χ0v) is 12.8. The minimum atomic E-state index is 0.209. The molecule has 0 spiro atoms. The topological polar surface area (TPSA) is 32.9 Å². The van der Waals surface area contributed by atoms with Gasteiger partial charge in [-0.3, -0.25) is 4.79 Å². The molecule has 0 bridgehead atoms. The van der Waals surface area contributed by atoms with Crippen molar-refractivity contribution in [2.24, 2.45) is 5.41 Å². The van der Waals surface area contributed by atoms with Crippen LogP contribution in [0.1, 0.15) is 50.7 Å². The summed E-state index contributed by atoms with van der Waals surface area (Å²) in [5, 5.41) is 1.34. The van der Waals surface area contributed by atoms with E-state index >= 15 is 0 Å². The van der Waals surface area contributed by atoms with E-state index in [9.17, 15) is 4.79 Å². The molecule has 2 aromatic rings. The lowest BCUT2D eigenvalue weighted by Crippen LogP contribution is -2.27. The Morgan fingerprint density at radius 1 is 1.29 bits per heavy atom. The fraction of sp³-hybridized carbons (Fsp3) is 0.421. The van der Waals surface area contributed by atoms with Crippen LogP contribution in [-0.2, 0) is 11.2 Å². The zero-order chi connectivity index (χ0) is 14.6. The first kappa shape index (κ1) is 12.9. The van der Waals surface area contributed by atoms with Crippen LogP contribution in [0.4, 0.5) is 0 Å². The van der Waals surface area contributed by atoms with Gasteiger partial charge in [0.25, 0.3) is 0 Å². The van der Waals surface area contributed by atoms with Crippen LogP contribution in [0.5, 0.6) is 0 Å². The smallest absolute Gasteiger partial charge is 0.158 e. The molecule has 1 heterocycles. The molecule has 0 radical (unpaired) electrons. The van der Waals surface area contributed by atoms with Crippen molar-refractivity contribution < 1.29 is 4.79 Å². The normalized spacial score (nSPS) is 24.6. The lowest BCUT2D eigenvalue weighted by Gasteiger charge is -2.35. The summed E-state index contributed by atoms with van der Waals surface area (Å²) in [5.74, 6) is 0.346. The summed E-state index contributed by atoms with van der Waals surface area (Å²) in [6.45, 7) is 4.30. The van der Waals surface area contributed by atoms with Crippen LogP contribution in [0.15, 0.2) is 30.0 Å². The van der Waals surface area contributed by atoms with Crippen molar-refractivity contribution >= 4 is 22.3 Å². The number of allylic oxidation sites excluding steroid dienone is 2. The van der Waals surface area contributed by atoms with Crippen LogP contribution >= 0.6 is 0 Å². The Hall–Kier alpha value is -1.83. The van der Waals surface area contributed by atoms with E-state index in [4.69, 9.17) is 0 Å². The fourth-order valence-electron chi connectivity index (χ4n) is 4.64. The second-order valence-corrected chi connectivity index (χ2v) is 6.66. The molecule has 108 valence electrons. The van der Waals surface area contributed by atoms with Gasteiger partial charge < -0.3 is 4.98 Å². The van der Waals surface area contributed by atoms with Gasteiger partial charge >= 0.3 is 0 Å². The summed E-state index contributed by atoms with van der Waals surface area (Å²) >= 11 is 0. The molecular formula is C19H21NO. The van der Waals surface area contributed by atoms with Gasteiger partial charge in [-0.25, -0.2) is 0 Å². The molecule has 2 aliphatic rings. The van der Waals surface area contributed by atoms with Gasteiger partial charge in [0.2, 0.25) is 0 Å². The minimum Gasteiger partial charge on any atom is -0.361 e. The zero-order valence-electron chi connectivity index (χ0n) is 12.8. The van der Waals surface area contributed by atoms with Crippen LogP contribution in [-0.4, -0.2) is 10.8 Å². The summed E-state index contributed by atoms with van der Waals surface area (Å²) in [6.07, 6.45) is 7.23. The molecule has 0 saturated heterocycles. The molecule has 1 unspecified atom stereocenters. The highest BCUT2D eigenvalue weighted by Gasteiger charge is 2.45. The van der Waals surface area contributed by atoms with Gasteiger partial charge in [-0.2, -0.15) is 0 Å². The van der Waals surface area contributed by atoms with Gasteiger partial charge in [0.1, 0.15) is 0 Å². The molecule has 4 rings (SSSR count). The van der Waals surface area contributed by atoms with E-state index < -0.39 is 0 Å². The number of benzene rings is 1. The second-order valence-electron chi connectivity index (χ2n) is 6.66. The van der Waals surface area contributed by atoms with Crippen molar-refractivity contribution in [1.29, 1.82) is 0 Å². The van der Waals surface area contributed by atoms with E-state index in [0.717, 1.165) is 24.8 Å².